The third kappa shape index (κ3) is 5.12. The Labute approximate surface area is 190 Å². The number of ether oxygens (including phenoxy) is 3. The van der Waals surface area contributed by atoms with Crippen LogP contribution in [-0.4, -0.2) is 42.0 Å². The Morgan fingerprint density at radius 1 is 1.06 bits per heavy atom. The van der Waals surface area contributed by atoms with Crippen molar-refractivity contribution in [2.24, 2.45) is 7.05 Å². The largest absolute Gasteiger partial charge is 0.491 e. The minimum atomic E-state index is -0.550. The van der Waals surface area contributed by atoms with E-state index >= 15 is 0 Å². The lowest BCUT2D eigenvalue weighted by Crippen LogP contribution is -2.42. The summed E-state index contributed by atoms with van der Waals surface area (Å²) in [4.78, 5) is 29.0. The van der Waals surface area contributed by atoms with Crippen molar-refractivity contribution in [2.45, 2.75) is 12.6 Å². The molecule has 0 aliphatic heterocycles. The van der Waals surface area contributed by atoms with E-state index in [1.807, 2.05) is 54.6 Å². The van der Waals surface area contributed by atoms with Gasteiger partial charge in [-0.1, -0.05) is 30.3 Å². The van der Waals surface area contributed by atoms with Crippen molar-refractivity contribution in [1.82, 2.24) is 14.9 Å². The molecule has 2 heterocycles. The van der Waals surface area contributed by atoms with Crippen LogP contribution in [0.15, 0.2) is 71.8 Å². The summed E-state index contributed by atoms with van der Waals surface area (Å²) in [6.45, 7) is 0.602. The van der Waals surface area contributed by atoms with Crippen molar-refractivity contribution in [1.29, 1.82) is 0 Å². The van der Waals surface area contributed by atoms with Gasteiger partial charge in [-0.25, -0.2) is 4.79 Å². The fraction of sp³-hybridized carbons (Fsp3) is 0.240. The van der Waals surface area contributed by atoms with Gasteiger partial charge in [0.1, 0.15) is 19.0 Å². The average Bonchev–Trinajstić information content (AvgIpc) is 2.85. The minimum Gasteiger partial charge on any atom is -0.491 e. The molecule has 0 radical (unpaired) electrons. The topological polar surface area (TPSA) is 91.7 Å². The first kappa shape index (κ1) is 22.3. The Morgan fingerprint density at radius 3 is 2.67 bits per heavy atom. The molecular weight excluding hydrogens is 422 g/mol. The molecule has 4 aromatic rings. The first-order valence-electron chi connectivity index (χ1n) is 10.5. The van der Waals surface area contributed by atoms with Crippen LogP contribution in [0, 0.1) is 0 Å². The number of nitrogens with zero attached hydrogens (tertiary/aromatic N) is 2. The van der Waals surface area contributed by atoms with Crippen LogP contribution in [0.1, 0.15) is 5.56 Å². The SMILES string of the molecule is COCC(COc1ccc2c3ccncc3c(=O)n(C)c2c1)NC(=O)OCc1ccccc1. The summed E-state index contributed by atoms with van der Waals surface area (Å²) in [5, 5.41) is 5.11. The number of alkyl carbamates (subject to hydrolysis) is 1. The third-order valence-electron chi connectivity index (χ3n) is 5.33. The smallest absolute Gasteiger partial charge is 0.407 e. The Hall–Kier alpha value is -3.91. The Bertz CT molecular complexity index is 1320. The molecule has 2 aromatic heterocycles. The van der Waals surface area contributed by atoms with Gasteiger partial charge < -0.3 is 24.1 Å². The molecule has 0 bridgehead atoms. The monoisotopic (exact) mass is 447 g/mol. The molecule has 8 heteroatoms. The summed E-state index contributed by atoms with van der Waals surface area (Å²) < 4.78 is 18.0. The maximum absolute atomic E-state index is 12.7. The second kappa shape index (κ2) is 10.1. The summed E-state index contributed by atoms with van der Waals surface area (Å²) in [5.41, 5.74) is 1.52. The number of pyridine rings is 2. The van der Waals surface area contributed by atoms with E-state index in [4.69, 9.17) is 14.2 Å². The lowest BCUT2D eigenvalue weighted by molar-refractivity contribution is 0.107. The van der Waals surface area contributed by atoms with Gasteiger partial charge in [0.2, 0.25) is 0 Å². The summed E-state index contributed by atoms with van der Waals surface area (Å²) in [5.74, 6) is 0.575. The molecule has 33 heavy (non-hydrogen) atoms. The zero-order valence-corrected chi connectivity index (χ0v) is 18.5. The number of benzene rings is 2. The molecule has 8 nitrogen and oxygen atoms in total. The second-order valence-electron chi connectivity index (χ2n) is 7.63. The van der Waals surface area contributed by atoms with Crippen LogP contribution in [0.2, 0.25) is 0 Å². The van der Waals surface area contributed by atoms with E-state index in [1.54, 1.807) is 31.1 Å². The molecular formula is C25H25N3O5. The predicted molar refractivity (Wildman–Crippen MR) is 125 cm³/mol. The number of rotatable bonds is 8. The van der Waals surface area contributed by atoms with Gasteiger partial charge in [0.15, 0.2) is 0 Å². The molecule has 1 unspecified atom stereocenters. The van der Waals surface area contributed by atoms with Gasteiger partial charge in [0, 0.05) is 38.0 Å². The number of hydrogen-bond acceptors (Lipinski definition) is 6. The quantitative estimate of drug-likeness (QED) is 0.416. The van der Waals surface area contributed by atoms with Crippen molar-refractivity contribution in [3.05, 3.63) is 82.9 Å². The maximum atomic E-state index is 12.7. The molecule has 1 atom stereocenters. The van der Waals surface area contributed by atoms with Gasteiger partial charge in [-0.2, -0.15) is 0 Å². The van der Waals surface area contributed by atoms with Crippen LogP contribution < -0.4 is 15.6 Å². The summed E-state index contributed by atoms with van der Waals surface area (Å²) >= 11 is 0. The fourth-order valence-corrected chi connectivity index (χ4v) is 3.66. The Balaban J connectivity index is 1.45. The van der Waals surface area contributed by atoms with Crippen molar-refractivity contribution in [3.8, 4) is 5.75 Å². The summed E-state index contributed by atoms with van der Waals surface area (Å²) in [6.07, 6.45) is 2.70. The van der Waals surface area contributed by atoms with Crippen LogP contribution in [0.25, 0.3) is 21.7 Å². The molecule has 1 N–H and O–H groups in total. The molecule has 0 saturated heterocycles. The fourth-order valence-electron chi connectivity index (χ4n) is 3.66. The number of hydrogen-bond donors (Lipinski definition) is 1. The number of fused-ring (bicyclic) bond motifs is 3. The van der Waals surface area contributed by atoms with Crippen molar-refractivity contribution in [3.63, 3.8) is 0 Å². The number of methoxy groups -OCH3 is 1. The van der Waals surface area contributed by atoms with Gasteiger partial charge in [-0.3, -0.25) is 9.78 Å². The molecule has 0 saturated carbocycles. The summed E-state index contributed by atoms with van der Waals surface area (Å²) in [6, 6.07) is 16.4. The molecule has 0 spiro atoms. The van der Waals surface area contributed by atoms with E-state index in [0.29, 0.717) is 11.1 Å². The van der Waals surface area contributed by atoms with Gasteiger partial charge in [-0.15, -0.1) is 0 Å². The normalized spacial score (nSPS) is 11.9. The molecule has 2 aromatic carbocycles. The minimum absolute atomic E-state index is 0.122. The molecule has 0 aliphatic carbocycles. The first-order chi connectivity index (χ1) is 16.1. The summed E-state index contributed by atoms with van der Waals surface area (Å²) in [7, 11) is 3.27. The Kier molecular flexibility index (Phi) is 6.85. The van der Waals surface area contributed by atoms with Crippen LogP contribution in [0.4, 0.5) is 4.79 Å². The first-order valence-corrected chi connectivity index (χ1v) is 10.5. The van der Waals surface area contributed by atoms with Crippen molar-refractivity contribution >= 4 is 27.8 Å². The van der Waals surface area contributed by atoms with Crippen molar-refractivity contribution < 1.29 is 19.0 Å². The number of carbonyl (C=O) groups is 1. The molecule has 4 rings (SSSR count). The van der Waals surface area contributed by atoms with Crippen LogP contribution in [0.5, 0.6) is 5.75 Å². The van der Waals surface area contributed by atoms with Gasteiger partial charge in [0.25, 0.3) is 5.56 Å². The highest BCUT2D eigenvalue weighted by Gasteiger charge is 2.15. The predicted octanol–water partition coefficient (Wildman–Crippen LogP) is 3.41. The Morgan fingerprint density at radius 2 is 1.88 bits per heavy atom. The zero-order chi connectivity index (χ0) is 23.2. The number of aromatic nitrogens is 2. The molecule has 170 valence electrons. The van der Waals surface area contributed by atoms with Crippen LogP contribution >= 0.6 is 0 Å². The lowest BCUT2D eigenvalue weighted by atomic mass is 10.1. The van der Waals surface area contributed by atoms with Gasteiger partial charge >= 0.3 is 6.09 Å². The third-order valence-corrected chi connectivity index (χ3v) is 5.33. The van der Waals surface area contributed by atoms with E-state index < -0.39 is 12.1 Å². The lowest BCUT2D eigenvalue weighted by Gasteiger charge is -2.19. The van der Waals surface area contributed by atoms with Crippen LogP contribution in [0.3, 0.4) is 0 Å². The van der Waals surface area contributed by atoms with E-state index in [-0.39, 0.29) is 25.4 Å². The number of carbonyl (C=O) groups excluding carboxylic acids is 1. The van der Waals surface area contributed by atoms with E-state index in [0.717, 1.165) is 21.9 Å². The molecule has 1 amide bonds. The number of amides is 1. The highest BCUT2D eigenvalue weighted by Crippen LogP contribution is 2.25. The molecule has 0 aliphatic rings. The molecule has 0 fully saturated rings. The van der Waals surface area contributed by atoms with E-state index in [2.05, 4.69) is 10.3 Å². The van der Waals surface area contributed by atoms with Gasteiger partial charge in [-0.05, 0) is 29.1 Å². The van der Waals surface area contributed by atoms with E-state index in [9.17, 15) is 9.59 Å². The maximum Gasteiger partial charge on any atom is 0.407 e. The zero-order valence-electron chi connectivity index (χ0n) is 18.5. The number of aryl methyl sites for hydroxylation is 1. The second-order valence-corrected chi connectivity index (χ2v) is 7.63. The highest BCUT2D eigenvalue weighted by atomic mass is 16.5. The number of nitrogens with one attached hydrogen (secondary N) is 1. The highest BCUT2D eigenvalue weighted by molar-refractivity contribution is 6.05. The standard InChI is InChI=1S/C25H25N3O5/c1-28-23-12-19(8-9-21(23)20-10-11-26-13-22(20)24(28)29)32-16-18(15-31-2)27-25(30)33-14-17-6-4-3-5-7-17/h3-13,18H,14-16H2,1-2H3,(H,27,30). The van der Waals surface area contributed by atoms with Crippen molar-refractivity contribution in [2.75, 3.05) is 20.3 Å². The van der Waals surface area contributed by atoms with Gasteiger partial charge in [0.05, 0.1) is 23.6 Å². The average molecular weight is 447 g/mol. The van der Waals surface area contributed by atoms with E-state index in [1.165, 1.54) is 0 Å². The van der Waals surface area contributed by atoms with Crippen LogP contribution in [-0.2, 0) is 23.1 Å².